The van der Waals surface area contributed by atoms with Crippen molar-refractivity contribution in [2.75, 3.05) is 17.2 Å². The molecule has 4 N–H and O–H groups in total. The number of carbonyl (C=O) groups is 2. The van der Waals surface area contributed by atoms with Gasteiger partial charge in [-0.05, 0) is 49.7 Å². The first-order valence-corrected chi connectivity index (χ1v) is 11.0. The summed E-state index contributed by atoms with van der Waals surface area (Å²) < 4.78 is 26.2. The summed E-state index contributed by atoms with van der Waals surface area (Å²) in [5, 5.41) is 8.14. The molecule has 0 saturated carbocycles. The van der Waals surface area contributed by atoms with Crippen LogP contribution in [0, 0.1) is 0 Å². The van der Waals surface area contributed by atoms with Gasteiger partial charge in [0.15, 0.2) is 0 Å². The van der Waals surface area contributed by atoms with Crippen LogP contribution >= 0.6 is 0 Å². The van der Waals surface area contributed by atoms with Gasteiger partial charge >= 0.3 is 6.03 Å². The molecule has 0 spiro atoms. The zero-order valence-electron chi connectivity index (χ0n) is 16.9. The molecule has 0 fully saturated rings. The molecule has 2 aromatic rings. The van der Waals surface area contributed by atoms with Crippen molar-refractivity contribution in [3.63, 3.8) is 0 Å². The van der Waals surface area contributed by atoms with Crippen LogP contribution in [0.4, 0.5) is 16.2 Å². The van der Waals surface area contributed by atoms with Crippen molar-refractivity contribution in [3.05, 3.63) is 72.3 Å². The predicted octanol–water partition coefficient (Wildman–Crippen LogP) is 3.07. The van der Waals surface area contributed by atoms with Crippen molar-refractivity contribution in [2.24, 2.45) is 0 Å². The van der Waals surface area contributed by atoms with E-state index in [1.165, 1.54) is 6.08 Å². The molecule has 0 aliphatic heterocycles. The molecule has 3 amide bonds. The minimum Gasteiger partial charge on any atom is -0.336 e. The van der Waals surface area contributed by atoms with Crippen LogP contribution in [0.2, 0.25) is 0 Å². The molecule has 2 aromatic carbocycles. The number of hydrogen-bond acceptors (Lipinski definition) is 4. The van der Waals surface area contributed by atoms with Crippen molar-refractivity contribution in [3.8, 4) is 0 Å². The fourth-order valence-corrected chi connectivity index (χ4v) is 3.62. The van der Waals surface area contributed by atoms with Gasteiger partial charge in [0.25, 0.3) is 5.91 Å². The molecule has 0 heterocycles. The minimum atomic E-state index is -3.45. The highest BCUT2D eigenvalue weighted by Crippen LogP contribution is 2.15. The summed E-state index contributed by atoms with van der Waals surface area (Å²) in [5.74, 6) is -0.516. The fraction of sp³-hybridized carbons (Fsp3) is 0.238. The van der Waals surface area contributed by atoms with Gasteiger partial charge in [-0.2, -0.15) is 0 Å². The van der Waals surface area contributed by atoms with Crippen molar-refractivity contribution in [2.45, 2.75) is 25.6 Å². The quantitative estimate of drug-likeness (QED) is 0.458. The summed E-state index contributed by atoms with van der Waals surface area (Å²) in [4.78, 5) is 24.3. The van der Waals surface area contributed by atoms with Crippen LogP contribution in [-0.4, -0.2) is 32.9 Å². The van der Waals surface area contributed by atoms with Crippen LogP contribution in [0.1, 0.15) is 29.8 Å². The highest BCUT2D eigenvalue weighted by Gasteiger charge is 2.12. The number of rotatable bonds is 9. The fourth-order valence-electron chi connectivity index (χ4n) is 2.51. The van der Waals surface area contributed by atoms with Gasteiger partial charge in [0.1, 0.15) is 0 Å². The minimum absolute atomic E-state index is 0.00721. The smallest absolute Gasteiger partial charge is 0.319 e. The van der Waals surface area contributed by atoms with Crippen LogP contribution in [0.15, 0.2) is 61.2 Å². The van der Waals surface area contributed by atoms with E-state index in [0.29, 0.717) is 22.5 Å². The lowest BCUT2D eigenvalue weighted by Crippen LogP contribution is -2.34. The predicted molar refractivity (Wildman–Crippen MR) is 119 cm³/mol. The standard InChI is InChI=1S/C21H26N4O4S/c1-4-12-22-30(28,29)14-16-8-10-18(11-9-16)24-20(26)17-6-5-7-19(13-17)25-21(27)23-15(2)3/h4-11,13,15,22H,1,12,14H2,2-3H3,(H,24,26)(H2,23,25,27). The van der Waals surface area contributed by atoms with Crippen LogP contribution in [0.25, 0.3) is 0 Å². The van der Waals surface area contributed by atoms with Crippen LogP contribution < -0.4 is 20.7 Å². The second-order valence-corrected chi connectivity index (χ2v) is 8.69. The number of carbonyl (C=O) groups excluding carboxylic acids is 2. The molecule has 0 aliphatic carbocycles. The number of amides is 3. The van der Waals surface area contributed by atoms with Gasteiger partial charge in [0, 0.05) is 29.5 Å². The monoisotopic (exact) mass is 430 g/mol. The van der Waals surface area contributed by atoms with Crippen molar-refractivity contribution in [1.29, 1.82) is 0 Å². The molecule has 160 valence electrons. The summed E-state index contributed by atoms with van der Waals surface area (Å²) in [6.07, 6.45) is 1.47. The molecule has 8 nitrogen and oxygen atoms in total. The summed E-state index contributed by atoms with van der Waals surface area (Å²) in [5.41, 5.74) is 1.98. The Morgan fingerprint density at radius 3 is 2.37 bits per heavy atom. The van der Waals surface area contributed by atoms with Crippen molar-refractivity contribution >= 4 is 33.3 Å². The Labute approximate surface area is 176 Å². The Kier molecular flexibility index (Phi) is 8.14. The first kappa shape index (κ1) is 23.1. The molecule has 0 atom stereocenters. The third-order valence-corrected chi connectivity index (χ3v) is 5.14. The number of benzene rings is 2. The first-order valence-electron chi connectivity index (χ1n) is 9.34. The number of sulfonamides is 1. The average molecular weight is 431 g/mol. The maximum absolute atomic E-state index is 12.5. The highest BCUT2D eigenvalue weighted by atomic mass is 32.2. The SMILES string of the molecule is C=CCNS(=O)(=O)Cc1ccc(NC(=O)c2cccc(NC(=O)NC(C)C)c2)cc1. The highest BCUT2D eigenvalue weighted by molar-refractivity contribution is 7.88. The molecule has 0 bridgehead atoms. The maximum atomic E-state index is 12.5. The lowest BCUT2D eigenvalue weighted by molar-refractivity contribution is 0.102. The summed E-state index contributed by atoms with van der Waals surface area (Å²) in [7, 11) is -3.45. The molecule has 0 aliphatic rings. The van der Waals surface area contributed by atoms with Crippen LogP contribution in [-0.2, 0) is 15.8 Å². The normalized spacial score (nSPS) is 11.0. The third-order valence-electron chi connectivity index (χ3n) is 3.82. The van der Waals surface area contributed by atoms with E-state index in [1.807, 2.05) is 13.8 Å². The van der Waals surface area contributed by atoms with Gasteiger partial charge < -0.3 is 16.0 Å². The van der Waals surface area contributed by atoms with Crippen molar-refractivity contribution < 1.29 is 18.0 Å². The molecule has 0 unspecified atom stereocenters. The number of hydrogen-bond donors (Lipinski definition) is 4. The van der Waals surface area contributed by atoms with E-state index in [9.17, 15) is 18.0 Å². The second-order valence-electron chi connectivity index (χ2n) is 6.88. The van der Waals surface area contributed by atoms with Gasteiger partial charge in [-0.15, -0.1) is 6.58 Å². The molecule has 0 radical (unpaired) electrons. The van der Waals surface area contributed by atoms with Gasteiger partial charge in [-0.25, -0.2) is 17.9 Å². The molecular weight excluding hydrogens is 404 g/mol. The number of urea groups is 1. The maximum Gasteiger partial charge on any atom is 0.319 e. The van der Waals surface area contributed by atoms with E-state index in [4.69, 9.17) is 0 Å². The zero-order valence-corrected chi connectivity index (χ0v) is 17.8. The lowest BCUT2D eigenvalue weighted by Gasteiger charge is -2.11. The van der Waals surface area contributed by atoms with E-state index >= 15 is 0 Å². The average Bonchev–Trinajstić information content (AvgIpc) is 2.67. The van der Waals surface area contributed by atoms with E-state index in [2.05, 4.69) is 27.3 Å². The zero-order chi connectivity index (χ0) is 22.1. The van der Waals surface area contributed by atoms with Crippen LogP contribution in [0.3, 0.4) is 0 Å². The Bertz CT molecular complexity index is 1000. The lowest BCUT2D eigenvalue weighted by atomic mass is 10.1. The summed E-state index contributed by atoms with van der Waals surface area (Å²) in [6.45, 7) is 7.34. The molecular formula is C21H26N4O4S. The van der Waals surface area contributed by atoms with E-state index in [-0.39, 0.29) is 30.3 Å². The topological polar surface area (TPSA) is 116 Å². The summed E-state index contributed by atoms with van der Waals surface area (Å²) in [6, 6.07) is 12.7. The van der Waals surface area contributed by atoms with Gasteiger partial charge in [0.05, 0.1) is 5.75 Å². The largest absolute Gasteiger partial charge is 0.336 e. The van der Waals surface area contributed by atoms with Crippen molar-refractivity contribution in [1.82, 2.24) is 10.0 Å². The second kappa shape index (κ2) is 10.6. The van der Waals surface area contributed by atoms with Gasteiger partial charge in [-0.3, -0.25) is 4.79 Å². The Morgan fingerprint density at radius 2 is 1.73 bits per heavy atom. The molecule has 9 heteroatoms. The van der Waals surface area contributed by atoms with Crippen LogP contribution in [0.5, 0.6) is 0 Å². The van der Waals surface area contributed by atoms with E-state index in [0.717, 1.165) is 0 Å². The van der Waals surface area contributed by atoms with Gasteiger partial charge in [-0.1, -0.05) is 24.3 Å². The Balaban J connectivity index is 2.00. The molecule has 2 rings (SSSR count). The molecule has 30 heavy (non-hydrogen) atoms. The molecule has 0 aromatic heterocycles. The third kappa shape index (κ3) is 7.69. The first-order chi connectivity index (χ1) is 14.2. The molecule has 0 saturated heterocycles. The number of anilines is 2. The van der Waals surface area contributed by atoms with E-state index in [1.54, 1.807) is 48.5 Å². The van der Waals surface area contributed by atoms with E-state index < -0.39 is 10.0 Å². The Morgan fingerprint density at radius 1 is 1.03 bits per heavy atom. The van der Waals surface area contributed by atoms with Gasteiger partial charge in [0.2, 0.25) is 10.0 Å². The summed E-state index contributed by atoms with van der Waals surface area (Å²) >= 11 is 0. The Hall–Kier alpha value is -3.17. The number of nitrogens with one attached hydrogen (secondary N) is 4.